The summed E-state index contributed by atoms with van der Waals surface area (Å²) in [4.78, 5) is 17.8. The Balaban J connectivity index is 0.000001000. The Kier molecular flexibility index (Phi) is 6.17. The fourth-order valence-electron chi connectivity index (χ4n) is 2.94. The molecule has 1 N–H and O–H groups in total. The van der Waals surface area contributed by atoms with E-state index in [4.69, 9.17) is 0 Å². The number of pyridine rings is 1. The Morgan fingerprint density at radius 3 is 2.90 bits per heavy atom. The van der Waals surface area contributed by atoms with Crippen molar-refractivity contribution in [3.8, 4) is 0 Å². The van der Waals surface area contributed by atoms with Crippen LogP contribution in [0, 0.1) is 11.7 Å². The van der Waals surface area contributed by atoms with E-state index in [2.05, 4.69) is 10.3 Å². The Morgan fingerprint density at radius 1 is 1.35 bits per heavy atom. The van der Waals surface area contributed by atoms with Gasteiger partial charge in [0.05, 0.1) is 11.8 Å². The molecule has 20 heavy (non-hydrogen) atoms. The number of halogens is 3. The van der Waals surface area contributed by atoms with Crippen molar-refractivity contribution in [2.75, 3.05) is 19.6 Å². The number of nitrogens with one attached hydrogen (secondary N) is 1. The topological polar surface area (TPSA) is 45.2 Å². The molecule has 3 rings (SSSR count). The first-order chi connectivity index (χ1) is 8.74. The molecule has 3 heterocycles. The van der Waals surface area contributed by atoms with E-state index in [1.165, 1.54) is 12.3 Å². The maximum atomic E-state index is 13.1. The Morgan fingerprint density at radius 2 is 2.15 bits per heavy atom. The monoisotopic (exact) mass is 321 g/mol. The minimum Gasteiger partial charge on any atom is -0.338 e. The van der Waals surface area contributed by atoms with Crippen LogP contribution in [0.15, 0.2) is 18.5 Å². The highest BCUT2D eigenvalue weighted by Gasteiger charge is 2.34. The summed E-state index contributed by atoms with van der Waals surface area (Å²) in [5.41, 5.74) is 0.347. The molecule has 0 spiro atoms. The fourth-order valence-corrected chi connectivity index (χ4v) is 2.94. The molecule has 2 unspecified atom stereocenters. The van der Waals surface area contributed by atoms with Crippen molar-refractivity contribution in [1.82, 2.24) is 15.2 Å². The van der Waals surface area contributed by atoms with Crippen molar-refractivity contribution in [2.45, 2.75) is 18.9 Å². The number of hydrogen-bond acceptors (Lipinski definition) is 3. The lowest BCUT2D eigenvalue weighted by Crippen LogP contribution is -2.46. The molecule has 7 heteroatoms. The average molecular weight is 322 g/mol. The molecule has 2 fully saturated rings. The first-order valence-corrected chi connectivity index (χ1v) is 6.37. The summed E-state index contributed by atoms with van der Waals surface area (Å²) in [5, 5.41) is 3.46. The zero-order chi connectivity index (χ0) is 12.5. The highest BCUT2D eigenvalue weighted by molar-refractivity contribution is 5.94. The largest absolute Gasteiger partial charge is 0.338 e. The minimum atomic E-state index is -0.460. The quantitative estimate of drug-likeness (QED) is 0.859. The minimum absolute atomic E-state index is 0. The number of carbonyl (C=O) groups excluding carboxylic acids is 1. The smallest absolute Gasteiger partial charge is 0.255 e. The van der Waals surface area contributed by atoms with Crippen LogP contribution in [-0.4, -0.2) is 41.5 Å². The SMILES string of the molecule is Cl.Cl.O=C(c1cncc(F)c1)N1CCC2NCCC2C1. The number of nitrogens with zero attached hydrogens (tertiary/aromatic N) is 2. The molecule has 2 aliphatic heterocycles. The summed E-state index contributed by atoms with van der Waals surface area (Å²) in [6.45, 7) is 2.55. The number of likely N-dealkylation sites (tertiary alicyclic amines) is 1. The van der Waals surface area contributed by atoms with E-state index in [9.17, 15) is 9.18 Å². The zero-order valence-corrected chi connectivity index (χ0v) is 12.6. The summed E-state index contributed by atoms with van der Waals surface area (Å²) in [5.74, 6) is -0.0187. The van der Waals surface area contributed by atoms with Gasteiger partial charge < -0.3 is 10.2 Å². The van der Waals surface area contributed by atoms with Gasteiger partial charge in [-0.3, -0.25) is 9.78 Å². The second-order valence-electron chi connectivity index (χ2n) is 5.04. The lowest BCUT2D eigenvalue weighted by Gasteiger charge is -2.34. The summed E-state index contributed by atoms with van der Waals surface area (Å²) < 4.78 is 13.1. The molecule has 0 bridgehead atoms. The van der Waals surface area contributed by atoms with Gasteiger partial charge in [-0.1, -0.05) is 0 Å². The van der Waals surface area contributed by atoms with Crippen LogP contribution in [0.4, 0.5) is 4.39 Å². The molecular formula is C13H18Cl2FN3O. The third-order valence-corrected chi connectivity index (χ3v) is 3.89. The fraction of sp³-hybridized carbons (Fsp3) is 0.538. The predicted octanol–water partition coefficient (Wildman–Crippen LogP) is 1.89. The number of piperidine rings is 1. The molecule has 2 aliphatic rings. The van der Waals surface area contributed by atoms with Gasteiger partial charge in [-0.2, -0.15) is 0 Å². The third kappa shape index (κ3) is 3.40. The number of hydrogen-bond donors (Lipinski definition) is 1. The molecule has 2 atom stereocenters. The van der Waals surface area contributed by atoms with Gasteiger partial charge in [0, 0.05) is 25.3 Å². The number of amides is 1. The molecule has 4 nitrogen and oxygen atoms in total. The molecule has 112 valence electrons. The van der Waals surface area contributed by atoms with Crippen LogP contribution in [0.1, 0.15) is 23.2 Å². The van der Waals surface area contributed by atoms with Gasteiger partial charge in [0.15, 0.2) is 0 Å². The molecule has 0 aliphatic carbocycles. The maximum Gasteiger partial charge on any atom is 0.255 e. The predicted molar refractivity (Wildman–Crippen MR) is 79.1 cm³/mol. The van der Waals surface area contributed by atoms with E-state index in [0.29, 0.717) is 17.5 Å². The van der Waals surface area contributed by atoms with Crippen LogP contribution in [0.5, 0.6) is 0 Å². The molecule has 0 saturated carbocycles. The maximum absolute atomic E-state index is 13.1. The lowest BCUT2D eigenvalue weighted by molar-refractivity contribution is 0.0661. The zero-order valence-electron chi connectivity index (χ0n) is 10.9. The van der Waals surface area contributed by atoms with Crippen molar-refractivity contribution >= 4 is 30.7 Å². The molecule has 0 radical (unpaired) electrons. The van der Waals surface area contributed by atoms with Crippen LogP contribution in [0.25, 0.3) is 0 Å². The standard InChI is InChI=1S/C13H16FN3O.2ClH/c14-11-5-10(6-15-7-11)13(18)17-4-2-12-9(8-17)1-3-16-12;;/h5-7,9,12,16H,1-4,8H2;2*1H. The number of carbonyl (C=O) groups is 1. The van der Waals surface area contributed by atoms with Crippen LogP contribution >= 0.6 is 24.8 Å². The average Bonchev–Trinajstić information content (AvgIpc) is 2.85. The second kappa shape index (κ2) is 7.20. The van der Waals surface area contributed by atoms with Crippen LogP contribution in [0.3, 0.4) is 0 Å². The number of fused-ring (bicyclic) bond motifs is 1. The molecule has 1 aromatic heterocycles. The van der Waals surface area contributed by atoms with Gasteiger partial charge in [0.2, 0.25) is 0 Å². The molecular weight excluding hydrogens is 304 g/mol. The Labute approximate surface area is 130 Å². The highest BCUT2D eigenvalue weighted by Crippen LogP contribution is 2.25. The van der Waals surface area contributed by atoms with E-state index in [1.54, 1.807) is 0 Å². The highest BCUT2D eigenvalue weighted by atomic mass is 35.5. The van der Waals surface area contributed by atoms with Crippen molar-refractivity contribution in [1.29, 1.82) is 0 Å². The first-order valence-electron chi connectivity index (χ1n) is 6.37. The lowest BCUT2D eigenvalue weighted by atomic mass is 9.93. The summed E-state index contributed by atoms with van der Waals surface area (Å²) in [6.07, 6.45) is 4.66. The van der Waals surface area contributed by atoms with Crippen molar-refractivity contribution in [2.24, 2.45) is 5.92 Å². The van der Waals surface area contributed by atoms with E-state index in [0.717, 1.165) is 38.7 Å². The van der Waals surface area contributed by atoms with Crippen LogP contribution < -0.4 is 5.32 Å². The van der Waals surface area contributed by atoms with Gasteiger partial charge in [0.25, 0.3) is 5.91 Å². The van der Waals surface area contributed by atoms with E-state index in [-0.39, 0.29) is 30.7 Å². The van der Waals surface area contributed by atoms with E-state index in [1.807, 2.05) is 4.90 Å². The molecule has 2 saturated heterocycles. The van der Waals surface area contributed by atoms with E-state index >= 15 is 0 Å². The molecule has 1 amide bonds. The van der Waals surface area contributed by atoms with Crippen LogP contribution in [-0.2, 0) is 0 Å². The normalized spacial score (nSPS) is 24.4. The van der Waals surface area contributed by atoms with Gasteiger partial charge in [-0.15, -0.1) is 24.8 Å². The summed E-state index contributed by atoms with van der Waals surface area (Å²) in [6, 6.07) is 1.81. The van der Waals surface area contributed by atoms with Crippen LogP contribution in [0.2, 0.25) is 0 Å². The van der Waals surface area contributed by atoms with Gasteiger partial charge in [-0.05, 0) is 31.4 Å². The molecule has 1 aromatic rings. The Hall–Kier alpha value is -0.910. The van der Waals surface area contributed by atoms with E-state index < -0.39 is 5.82 Å². The molecule has 0 aromatic carbocycles. The summed E-state index contributed by atoms with van der Waals surface area (Å²) in [7, 11) is 0. The third-order valence-electron chi connectivity index (χ3n) is 3.89. The van der Waals surface area contributed by atoms with Gasteiger partial charge in [0.1, 0.15) is 5.82 Å². The Bertz CT molecular complexity index is 475. The van der Waals surface area contributed by atoms with Crippen molar-refractivity contribution < 1.29 is 9.18 Å². The second-order valence-corrected chi connectivity index (χ2v) is 5.04. The first kappa shape index (κ1) is 17.1. The van der Waals surface area contributed by atoms with Gasteiger partial charge >= 0.3 is 0 Å². The number of rotatable bonds is 1. The summed E-state index contributed by atoms with van der Waals surface area (Å²) >= 11 is 0. The van der Waals surface area contributed by atoms with Crippen molar-refractivity contribution in [3.63, 3.8) is 0 Å². The number of aromatic nitrogens is 1. The van der Waals surface area contributed by atoms with Gasteiger partial charge in [-0.25, -0.2) is 4.39 Å². The van der Waals surface area contributed by atoms with Crippen molar-refractivity contribution in [3.05, 3.63) is 29.8 Å².